The number of aliphatic carboxylic acids is 1. The first-order valence-electron chi connectivity index (χ1n) is 9.33. The van der Waals surface area contributed by atoms with E-state index in [9.17, 15) is 9.59 Å². The second kappa shape index (κ2) is 9.07. The molecule has 3 aromatic rings. The summed E-state index contributed by atoms with van der Waals surface area (Å²) < 4.78 is 1.65. The van der Waals surface area contributed by atoms with Crippen LogP contribution in [0, 0.1) is 6.92 Å². The molecule has 0 saturated carbocycles. The normalized spacial score (nSPS) is 10.9. The van der Waals surface area contributed by atoms with Crippen LogP contribution >= 0.6 is 0 Å². The number of hydrogen-bond donors (Lipinski definition) is 2. The third-order valence-electron chi connectivity index (χ3n) is 4.54. The average molecular weight is 381 g/mol. The number of unbranched alkanes of at least 4 members (excludes halogenated alkanes) is 3. The molecule has 146 valence electrons. The molecular formula is C20H23N5O3. The van der Waals surface area contributed by atoms with Crippen molar-refractivity contribution in [2.45, 2.75) is 39.0 Å². The van der Waals surface area contributed by atoms with E-state index in [-0.39, 0.29) is 12.3 Å². The lowest BCUT2D eigenvalue weighted by atomic mass is 10.1. The molecule has 0 aliphatic rings. The zero-order valence-corrected chi connectivity index (χ0v) is 15.8. The van der Waals surface area contributed by atoms with Crippen molar-refractivity contribution in [1.29, 1.82) is 0 Å². The molecule has 0 spiro atoms. The van der Waals surface area contributed by atoms with Gasteiger partial charge in [-0.1, -0.05) is 24.1 Å². The Bertz CT molecular complexity index is 983. The smallest absolute Gasteiger partial charge is 0.303 e. The Hall–Kier alpha value is -3.29. The molecule has 2 heterocycles. The molecule has 0 bridgehead atoms. The van der Waals surface area contributed by atoms with Crippen LogP contribution in [-0.2, 0) is 4.79 Å². The van der Waals surface area contributed by atoms with Crippen LogP contribution in [0.4, 0.5) is 0 Å². The number of benzene rings is 1. The standard InChI is InChI=1S/C20H23N5O3/c1-14-19(20(28)22-11-5-3-2-4-8-18(26)27)23-24-25(14)16-9-10-17-15(13-16)7-6-12-21-17/h6-7,9-10,12-13H,2-5,8,11H2,1H3,(H,22,28)(H,26,27). The number of aromatic nitrogens is 4. The van der Waals surface area contributed by atoms with Crippen LogP contribution in [0.5, 0.6) is 0 Å². The summed E-state index contributed by atoms with van der Waals surface area (Å²) in [7, 11) is 0. The van der Waals surface area contributed by atoms with Crippen molar-refractivity contribution >= 4 is 22.8 Å². The minimum Gasteiger partial charge on any atom is -0.481 e. The molecule has 2 aromatic heterocycles. The fourth-order valence-electron chi connectivity index (χ4n) is 3.02. The van der Waals surface area contributed by atoms with Crippen molar-refractivity contribution in [3.8, 4) is 5.69 Å². The number of pyridine rings is 1. The molecule has 0 saturated heterocycles. The van der Waals surface area contributed by atoms with Crippen molar-refractivity contribution in [2.24, 2.45) is 0 Å². The number of amides is 1. The van der Waals surface area contributed by atoms with Crippen LogP contribution in [0.25, 0.3) is 16.6 Å². The summed E-state index contributed by atoms with van der Waals surface area (Å²) in [6.45, 7) is 2.34. The highest BCUT2D eigenvalue weighted by Gasteiger charge is 2.17. The van der Waals surface area contributed by atoms with E-state index >= 15 is 0 Å². The van der Waals surface area contributed by atoms with Crippen molar-refractivity contribution in [3.63, 3.8) is 0 Å². The summed E-state index contributed by atoms with van der Waals surface area (Å²) >= 11 is 0. The molecule has 1 aromatic carbocycles. The van der Waals surface area contributed by atoms with Crippen LogP contribution in [0.3, 0.4) is 0 Å². The summed E-state index contributed by atoms with van der Waals surface area (Å²) in [6, 6.07) is 9.62. The van der Waals surface area contributed by atoms with Crippen LogP contribution < -0.4 is 5.32 Å². The van der Waals surface area contributed by atoms with Crippen LogP contribution in [-0.4, -0.2) is 43.5 Å². The molecule has 0 aliphatic heterocycles. The number of hydrogen-bond acceptors (Lipinski definition) is 5. The molecule has 0 unspecified atom stereocenters. The number of rotatable bonds is 9. The molecule has 8 heteroatoms. The molecule has 0 fully saturated rings. The zero-order chi connectivity index (χ0) is 19.9. The summed E-state index contributed by atoms with van der Waals surface area (Å²) in [4.78, 5) is 27.1. The first-order valence-corrected chi connectivity index (χ1v) is 9.33. The molecule has 0 radical (unpaired) electrons. The summed E-state index contributed by atoms with van der Waals surface area (Å²) in [6.07, 6.45) is 5.13. The lowest BCUT2D eigenvalue weighted by Crippen LogP contribution is -2.25. The van der Waals surface area contributed by atoms with E-state index in [0.717, 1.165) is 35.9 Å². The lowest BCUT2D eigenvalue weighted by molar-refractivity contribution is -0.137. The fourth-order valence-corrected chi connectivity index (χ4v) is 3.02. The Labute approximate surface area is 162 Å². The third kappa shape index (κ3) is 4.70. The first kappa shape index (κ1) is 19.5. The third-order valence-corrected chi connectivity index (χ3v) is 4.54. The first-order chi connectivity index (χ1) is 13.6. The number of fused-ring (bicyclic) bond motifs is 1. The molecule has 2 N–H and O–H groups in total. The SMILES string of the molecule is Cc1c(C(=O)NCCCCCCC(=O)O)nnn1-c1ccc2ncccc2c1. The predicted octanol–water partition coefficient (Wildman–Crippen LogP) is 2.89. The van der Waals surface area contributed by atoms with Crippen molar-refractivity contribution in [2.75, 3.05) is 6.54 Å². The highest BCUT2D eigenvalue weighted by molar-refractivity contribution is 5.93. The van der Waals surface area contributed by atoms with Crippen LogP contribution in [0.2, 0.25) is 0 Å². The fraction of sp³-hybridized carbons (Fsp3) is 0.350. The Morgan fingerprint density at radius 2 is 1.96 bits per heavy atom. The van der Waals surface area contributed by atoms with Gasteiger partial charge >= 0.3 is 5.97 Å². The van der Waals surface area contributed by atoms with Crippen LogP contribution in [0.1, 0.15) is 48.3 Å². The van der Waals surface area contributed by atoms with Gasteiger partial charge in [-0.05, 0) is 44.0 Å². The Morgan fingerprint density at radius 3 is 2.79 bits per heavy atom. The molecular weight excluding hydrogens is 358 g/mol. The highest BCUT2D eigenvalue weighted by atomic mass is 16.4. The lowest BCUT2D eigenvalue weighted by Gasteiger charge is -2.06. The van der Waals surface area contributed by atoms with Crippen molar-refractivity contribution in [3.05, 3.63) is 47.9 Å². The molecule has 3 rings (SSSR count). The van der Waals surface area contributed by atoms with E-state index < -0.39 is 5.97 Å². The summed E-state index contributed by atoms with van der Waals surface area (Å²) in [5.74, 6) is -1.02. The second-order valence-corrected chi connectivity index (χ2v) is 6.63. The summed E-state index contributed by atoms with van der Waals surface area (Å²) in [5.41, 5.74) is 2.69. The molecule has 0 aliphatic carbocycles. The van der Waals surface area contributed by atoms with Gasteiger partial charge in [0.05, 0.1) is 16.9 Å². The molecule has 0 atom stereocenters. The van der Waals surface area contributed by atoms with Gasteiger partial charge in [-0.3, -0.25) is 14.6 Å². The maximum Gasteiger partial charge on any atom is 0.303 e. The quantitative estimate of drug-likeness (QED) is 0.552. The number of carboxylic acid groups (broad SMARTS) is 1. The predicted molar refractivity (Wildman–Crippen MR) is 104 cm³/mol. The maximum absolute atomic E-state index is 12.4. The maximum atomic E-state index is 12.4. The molecule has 1 amide bonds. The Kier molecular flexibility index (Phi) is 6.31. The minimum atomic E-state index is -0.769. The van der Waals surface area contributed by atoms with E-state index in [1.54, 1.807) is 10.9 Å². The van der Waals surface area contributed by atoms with E-state index in [4.69, 9.17) is 5.11 Å². The largest absolute Gasteiger partial charge is 0.481 e. The second-order valence-electron chi connectivity index (χ2n) is 6.63. The van der Waals surface area contributed by atoms with E-state index in [1.165, 1.54) is 0 Å². The molecule has 8 nitrogen and oxygen atoms in total. The summed E-state index contributed by atoms with van der Waals surface area (Å²) in [5, 5.41) is 20.6. The van der Waals surface area contributed by atoms with Gasteiger partial charge in [0.1, 0.15) is 0 Å². The van der Waals surface area contributed by atoms with Gasteiger partial charge in [-0.15, -0.1) is 5.10 Å². The Morgan fingerprint density at radius 1 is 1.14 bits per heavy atom. The number of carbonyl (C=O) groups excluding carboxylic acids is 1. The minimum absolute atomic E-state index is 0.194. The van der Waals surface area contributed by atoms with Crippen molar-refractivity contribution < 1.29 is 14.7 Å². The van der Waals surface area contributed by atoms with Gasteiger partial charge < -0.3 is 10.4 Å². The van der Waals surface area contributed by atoms with Gasteiger partial charge in [-0.2, -0.15) is 0 Å². The number of carboxylic acids is 1. The number of carbonyl (C=O) groups is 2. The van der Waals surface area contributed by atoms with E-state index in [2.05, 4.69) is 20.6 Å². The average Bonchev–Trinajstić information content (AvgIpc) is 3.08. The number of nitrogens with one attached hydrogen (secondary N) is 1. The van der Waals surface area contributed by atoms with Gasteiger partial charge in [0.15, 0.2) is 5.69 Å². The van der Waals surface area contributed by atoms with E-state index in [0.29, 0.717) is 24.4 Å². The topological polar surface area (TPSA) is 110 Å². The highest BCUT2D eigenvalue weighted by Crippen LogP contribution is 2.18. The molecule has 28 heavy (non-hydrogen) atoms. The van der Waals surface area contributed by atoms with Gasteiger partial charge in [-0.25, -0.2) is 4.68 Å². The monoisotopic (exact) mass is 381 g/mol. The Balaban J connectivity index is 1.57. The number of nitrogens with zero attached hydrogens (tertiary/aromatic N) is 4. The van der Waals surface area contributed by atoms with Gasteiger partial charge in [0.25, 0.3) is 5.91 Å². The zero-order valence-electron chi connectivity index (χ0n) is 15.8. The van der Waals surface area contributed by atoms with Gasteiger partial charge in [0.2, 0.25) is 0 Å². The van der Waals surface area contributed by atoms with Crippen molar-refractivity contribution in [1.82, 2.24) is 25.3 Å². The van der Waals surface area contributed by atoms with Crippen LogP contribution in [0.15, 0.2) is 36.5 Å². The van der Waals surface area contributed by atoms with Gasteiger partial charge in [0, 0.05) is 24.5 Å². The van der Waals surface area contributed by atoms with E-state index in [1.807, 2.05) is 37.3 Å².